The summed E-state index contributed by atoms with van der Waals surface area (Å²) in [5.41, 5.74) is 0.373. The molecule has 1 aromatic rings. The molecule has 0 atom stereocenters. The summed E-state index contributed by atoms with van der Waals surface area (Å²) in [6, 6.07) is 5.53. The molecule has 0 spiro atoms. The number of hydrogen-bond donors (Lipinski definition) is 0. The van der Waals surface area contributed by atoms with E-state index in [0.717, 1.165) is 5.56 Å². The number of halogens is 1. The Hall–Kier alpha value is -1.22. The first-order chi connectivity index (χ1) is 7.86. The van der Waals surface area contributed by atoms with Gasteiger partial charge in [0.2, 0.25) is 0 Å². The second-order valence-corrected chi connectivity index (χ2v) is 5.01. The van der Waals surface area contributed by atoms with Crippen LogP contribution in [0, 0.1) is 12.3 Å². The van der Waals surface area contributed by atoms with Gasteiger partial charge >= 0.3 is 5.97 Å². The molecule has 0 saturated carbocycles. The molecule has 1 aromatic carbocycles. The maximum atomic E-state index is 11.5. The summed E-state index contributed by atoms with van der Waals surface area (Å²) in [5.74, 6) is 0.273. The lowest BCUT2D eigenvalue weighted by atomic mass is 9.95. The molecule has 1 rings (SSSR count). The maximum Gasteiger partial charge on any atom is 0.314 e. The van der Waals surface area contributed by atoms with E-state index in [0.29, 0.717) is 10.8 Å². The average Bonchev–Trinajstić information content (AvgIpc) is 2.26. The van der Waals surface area contributed by atoms with Gasteiger partial charge in [0.25, 0.3) is 0 Å². The van der Waals surface area contributed by atoms with Crippen LogP contribution in [0.25, 0.3) is 0 Å². The Kier molecular flexibility index (Phi) is 4.40. The zero-order valence-corrected chi connectivity index (χ0v) is 11.3. The first-order valence-corrected chi connectivity index (χ1v) is 5.72. The van der Waals surface area contributed by atoms with Gasteiger partial charge in [0.05, 0.1) is 17.5 Å². The van der Waals surface area contributed by atoms with E-state index < -0.39 is 5.41 Å². The summed E-state index contributed by atoms with van der Waals surface area (Å²) < 4.78 is 10.2. The molecule has 0 aliphatic rings. The van der Waals surface area contributed by atoms with Crippen LogP contribution >= 0.6 is 11.6 Å². The predicted molar refractivity (Wildman–Crippen MR) is 67.5 cm³/mol. The van der Waals surface area contributed by atoms with E-state index in [2.05, 4.69) is 0 Å². The van der Waals surface area contributed by atoms with Crippen LogP contribution in [0.2, 0.25) is 5.02 Å². The van der Waals surface area contributed by atoms with Crippen molar-refractivity contribution >= 4 is 17.6 Å². The lowest BCUT2D eigenvalue weighted by Crippen LogP contribution is -2.32. The van der Waals surface area contributed by atoms with Crippen molar-refractivity contribution in [3.05, 3.63) is 28.8 Å². The van der Waals surface area contributed by atoms with Gasteiger partial charge in [-0.3, -0.25) is 4.79 Å². The molecule has 0 heterocycles. The fraction of sp³-hybridized carbons (Fsp3) is 0.462. The van der Waals surface area contributed by atoms with Crippen LogP contribution in [0.4, 0.5) is 0 Å². The third-order valence-electron chi connectivity index (χ3n) is 2.41. The van der Waals surface area contributed by atoms with Crippen molar-refractivity contribution in [2.24, 2.45) is 5.41 Å². The highest BCUT2D eigenvalue weighted by atomic mass is 35.5. The smallest absolute Gasteiger partial charge is 0.314 e. The van der Waals surface area contributed by atoms with Gasteiger partial charge in [0, 0.05) is 0 Å². The Morgan fingerprint density at radius 2 is 2.06 bits per heavy atom. The van der Waals surface area contributed by atoms with Gasteiger partial charge < -0.3 is 9.47 Å². The van der Waals surface area contributed by atoms with Crippen molar-refractivity contribution in [3.8, 4) is 5.75 Å². The summed E-state index contributed by atoms with van der Waals surface area (Å²) in [5, 5.41) is 0.547. The van der Waals surface area contributed by atoms with Gasteiger partial charge in [-0.1, -0.05) is 17.7 Å². The van der Waals surface area contributed by atoms with Gasteiger partial charge in [-0.15, -0.1) is 0 Å². The third kappa shape index (κ3) is 3.63. The van der Waals surface area contributed by atoms with Crippen LogP contribution in [0.5, 0.6) is 5.75 Å². The highest BCUT2D eigenvalue weighted by Gasteiger charge is 2.29. The normalized spacial score (nSPS) is 11.1. The van der Waals surface area contributed by atoms with Crippen LogP contribution < -0.4 is 4.74 Å². The number of ether oxygens (including phenoxy) is 2. The number of carbonyl (C=O) groups is 1. The largest absolute Gasteiger partial charge is 0.491 e. The minimum Gasteiger partial charge on any atom is -0.491 e. The van der Waals surface area contributed by atoms with Gasteiger partial charge in [-0.25, -0.2) is 0 Å². The molecule has 0 saturated heterocycles. The zero-order chi connectivity index (χ0) is 13.1. The standard InChI is InChI=1S/C13H17ClO3/c1-9-5-6-11(10(14)7-9)17-8-13(2,3)12(15)16-4/h5-7H,8H2,1-4H3. The molecule has 0 unspecified atom stereocenters. The first kappa shape index (κ1) is 13.8. The third-order valence-corrected chi connectivity index (χ3v) is 2.71. The molecule has 0 bridgehead atoms. The summed E-state index contributed by atoms with van der Waals surface area (Å²) in [6.07, 6.45) is 0. The molecule has 0 aliphatic heterocycles. The molecule has 3 nitrogen and oxygen atoms in total. The van der Waals surface area contributed by atoms with Crippen molar-refractivity contribution in [1.82, 2.24) is 0 Å². The van der Waals surface area contributed by atoms with E-state index in [9.17, 15) is 4.79 Å². The number of carbonyl (C=O) groups excluding carboxylic acids is 1. The molecule has 0 aliphatic carbocycles. The van der Waals surface area contributed by atoms with Crippen molar-refractivity contribution in [2.45, 2.75) is 20.8 Å². The summed E-state index contributed by atoms with van der Waals surface area (Å²) >= 11 is 6.03. The molecule has 0 radical (unpaired) electrons. The number of hydrogen-bond acceptors (Lipinski definition) is 3. The van der Waals surface area contributed by atoms with E-state index >= 15 is 0 Å². The number of rotatable bonds is 4. The van der Waals surface area contributed by atoms with E-state index in [4.69, 9.17) is 21.1 Å². The monoisotopic (exact) mass is 256 g/mol. The molecule has 0 N–H and O–H groups in total. The Morgan fingerprint density at radius 1 is 1.41 bits per heavy atom. The minimum absolute atomic E-state index is 0.225. The molecular formula is C13H17ClO3. The second-order valence-electron chi connectivity index (χ2n) is 4.60. The zero-order valence-electron chi connectivity index (χ0n) is 10.5. The van der Waals surface area contributed by atoms with Gasteiger partial charge in [0.15, 0.2) is 0 Å². The van der Waals surface area contributed by atoms with E-state index in [1.165, 1.54) is 7.11 Å². The fourth-order valence-corrected chi connectivity index (χ4v) is 1.61. The Morgan fingerprint density at radius 3 is 2.59 bits per heavy atom. The van der Waals surface area contributed by atoms with Gasteiger partial charge in [-0.2, -0.15) is 0 Å². The molecule has 94 valence electrons. The molecule has 0 aromatic heterocycles. The molecule has 17 heavy (non-hydrogen) atoms. The van der Waals surface area contributed by atoms with Crippen LogP contribution in [0.15, 0.2) is 18.2 Å². The van der Waals surface area contributed by atoms with Crippen LogP contribution in [0.1, 0.15) is 19.4 Å². The van der Waals surface area contributed by atoms with Crippen molar-refractivity contribution in [1.29, 1.82) is 0 Å². The topological polar surface area (TPSA) is 35.5 Å². The quantitative estimate of drug-likeness (QED) is 0.776. The fourth-order valence-electron chi connectivity index (χ4n) is 1.32. The van der Waals surface area contributed by atoms with Crippen LogP contribution in [-0.2, 0) is 9.53 Å². The minimum atomic E-state index is -0.692. The number of esters is 1. The maximum absolute atomic E-state index is 11.5. The predicted octanol–water partition coefficient (Wildman–Crippen LogP) is 3.23. The number of methoxy groups -OCH3 is 1. The Labute approximate surface area is 107 Å². The van der Waals surface area contributed by atoms with E-state index in [1.807, 2.05) is 19.1 Å². The summed E-state index contributed by atoms with van der Waals surface area (Å²) in [4.78, 5) is 11.5. The Bertz CT molecular complexity index is 413. The highest BCUT2D eigenvalue weighted by molar-refractivity contribution is 6.32. The SMILES string of the molecule is COC(=O)C(C)(C)COc1ccc(C)cc1Cl. The number of benzene rings is 1. The first-order valence-electron chi connectivity index (χ1n) is 5.34. The number of aryl methyl sites for hydroxylation is 1. The second kappa shape index (κ2) is 5.41. The summed E-state index contributed by atoms with van der Waals surface area (Å²) in [7, 11) is 1.36. The van der Waals surface area contributed by atoms with Crippen molar-refractivity contribution in [3.63, 3.8) is 0 Å². The lowest BCUT2D eigenvalue weighted by molar-refractivity contribution is -0.152. The Balaban J connectivity index is 2.70. The molecule has 0 amide bonds. The summed E-state index contributed by atoms with van der Waals surface area (Å²) in [6.45, 7) is 5.71. The van der Waals surface area contributed by atoms with E-state index in [-0.39, 0.29) is 12.6 Å². The molecular weight excluding hydrogens is 240 g/mol. The molecule has 4 heteroatoms. The van der Waals surface area contributed by atoms with Crippen LogP contribution in [-0.4, -0.2) is 19.7 Å². The van der Waals surface area contributed by atoms with Crippen molar-refractivity contribution in [2.75, 3.05) is 13.7 Å². The highest BCUT2D eigenvalue weighted by Crippen LogP contribution is 2.27. The van der Waals surface area contributed by atoms with Gasteiger partial charge in [-0.05, 0) is 38.5 Å². The van der Waals surface area contributed by atoms with Crippen LogP contribution in [0.3, 0.4) is 0 Å². The van der Waals surface area contributed by atoms with Gasteiger partial charge in [0.1, 0.15) is 12.4 Å². The molecule has 0 fully saturated rings. The van der Waals surface area contributed by atoms with E-state index in [1.54, 1.807) is 19.9 Å². The average molecular weight is 257 g/mol. The van der Waals surface area contributed by atoms with Crippen molar-refractivity contribution < 1.29 is 14.3 Å². The lowest BCUT2D eigenvalue weighted by Gasteiger charge is -2.22.